The van der Waals surface area contributed by atoms with Gasteiger partial charge in [-0.05, 0) is 34.1 Å². The summed E-state index contributed by atoms with van der Waals surface area (Å²) in [5.41, 5.74) is -1.76. The maximum atomic E-state index is 12.1. The third kappa shape index (κ3) is 6.84. The van der Waals surface area contributed by atoms with Gasteiger partial charge in [-0.1, -0.05) is 34.6 Å². The van der Waals surface area contributed by atoms with E-state index in [1.807, 2.05) is 62.3 Å². The molecule has 3 heterocycles. The molecule has 3 aliphatic heterocycles. The Morgan fingerprint density at radius 1 is 0.906 bits per heavy atom. The fourth-order valence-electron chi connectivity index (χ4n) is 4.30. The molecule has 0 bridgehead atoms. The predicted molar refractivity (Wildman–Crippen MR) is 122 cm³/mol. The van der Waals surface area contributed by atoms with Crippen LogP contribution in [-0.2, 0) is 33.3 Å². The number of hydrogen-bond acceptors (Lipinski definition) is 7. The Morgan fingerprint density at radius 3 is 1.81 bits per heavy atom. The minimum Gasteiger partial charge on any atom is -0.355 e. The molecule has 3 rings (SSSR count). The average Bonchev–Trinajstić information content (AvgIpc) is 3.12. The molecule has 2 amide bonds. The van der Waals surface area contributed by atoms with Gasteiger partial charge in [0.05, 0.1) is 37.4 Å². The molecule has 0 N–H and O–H groups in total. The Labute approximate surface area is 193 Å². The normalized spacial score (nSPS) is 22.2. The van der Waals surface area contributed by atoms with Gasteiger partial charge >= 0.3 is 0 Å². The summed E-state index contributed by atoms with van der Waals surface area (Å²) in [7, 11) is 0. The van der Waals surface area contributed by atoms with E-state index in [2.05, 4.69) is 0 Å². The van der Waals surface area contributed by atoms with Crippen molar-refractivity contribution in [3.63, 3.8) is 0 Å². The maximum Gasteiger partial charge on any atom is 0.283 e. The largest absolute Gasteiger partial charge is 0.355 e. The van der Waals surface area contributed by atoms with Gasteiger partial charge in [0.1, 0.15) is 6.79 Å². The number of amides is 2. The van der Waals surface area contributed by atoms with Crippen LogP contribution >= 0.6 is 0 Å². The summed E-state index contributed by atoms with van der Waals surface area (Å²) in [5.74, 6) is -1.79. The lowest BCUT2D eigenvalue weighted by atomic mass is 9.87. The molecule has 0 atom stereocenters. The van der Waals surface area contributed by atoms with Crippen molar-refractivity contribution in [1.82, 2.24) is 4.90 Å². The van der Waals surface area contributed by atoms with E-state index in [1.165, 1.54) is 17.1 Å². The molecule has 0 aromatic heterocycles. The highest BCUT2D eigenvalue weighted by Gasteiger charge is 2.50. The molecule has 2 saturated heterocycles. The minimum atomic E-state index is -1.18. The number of imide groups is 1. The molecule has 0 saturated carbocycles. The molecule has 2 fully saturated rings. The quantitative estimate of drug-likeness (QED) is 0.557. The molecule has 0 unspecified atom stereocenters. The maximum absolute atomic E-state index is 12.1. The molecule has 186 valence electrons. The third-order valence-electron chi connectivity index (χ3n) is 5.32. The topological polar surface area (TPSA) is 83.5 Å². The Morgan fingerprint density at radius 2 is 1.38 bits per heavy atom. The van der Waals surface area contributed by atoms with Gasteiger partial charge < -0.3 is 23.7 Å². The highest BCUT2D eigenvalue weighted by molar-refractivity contribution is 6.13. The molecule has 3 aliphatic rings. The van der Waals surface area contributed by atoms with E-state index >= 15 is 0 Å². The van der Waals surface area contributed by atoms with Crippen LogP contribution in [0.1, 0.15) is 75.2 Å². The van der Waals surface area contributed by atoms with Crippen LogP contribution in [0.3, 0.4) is 0 Å². The van der Waals surface area contributed by atoms with E-state index in [9.17, 15) is 9.59 Å². The highest BCUT2D eigenvalue weighted by atomic mass is 16.9. The lowest BCUT2D eigenvalue weighted by Gasteiger charge is -2.49. The van der Waals surface area contributed by atoms with Crippen molar-refractivity contribution in [3.05, 3.63) is 12.2 Å². The van der Waals surface area contributed by atoms with Gasteiger partial charge in [-0.3, -0.25) is 14.5 Å². The van der Waals surface area contributed by atoms with E-state index in [0.29, 0.717) is 46.1 Å². The zero-order chi connectivity index (χ0) is 24.6. The average molecular weight is 458 g/mol. The lowest BCUT2D eigenvalue weighted by Crippen LogP contribution is -2.59. The van der Waals surface area contributed by atoms with E-state index in [4.69, 9.17) is 23.7 Å². The number of carbonyl (C=O) groups excluding carboxylic acids is 2. The van der Waals surface area contributed by atoms with Crippen LogP contribution < -0.4 is 0 Å². The van der Waals surface area contributed by atoms with Crippen LogP contribution in [-0.4, -0.2) is 67.0 Å². The zero-order valence-corrected chi connectivity index (χ0v) is 21.4. The second-order valence-corrected chi connectivity index (χ2v) is 9.12. The summed E-state index contributed by atoms with van der Waals surface area (Å²) >= 11 is 0. The molecule has 8 nitrogen and oxygen atoms in total. The van der Waals surface area contributed by atoms with Crippen LogP contribution in [0.25, 0.3) is 0 Å². The van der Waals surface area contributed by atoms with E-state index < -0.39 is 17.1 Å². The molecule has 8 heteroatoms. The molecule has 32 heavy (non-hydrogen) atoms. The Kier molecular flexibility index (Phi) is 10.5. The molecule has 1 spiro atoms. The first-order valence-electron chi connectivity index (χ1n) is 11.7. The van der Waals surface area contributed by atoms with Gasteiger partial charge in [0, 0.05) is 24.1 Å². The standard InChI is InChI=1S/C20H31NO7.2C2H6/c1-6-20(26-12-19(13-27-20)10-24-14-25-11-19)28-18(4,5)9-17(2,3)21-15(22)7-8-16(21)23;2*1-2/h7-8H,6,9-14H2,1-5H3;2*1-2H3. The van der Waals surface area contributed by atoms with E-state index in [-0.39, 0.29) is 17.2 Å². The summed E-state index contributed by atoms with van der Waals surface area (Å²) in [6, 6.07) is 0. The van der Waals surface area contributed by atoms with Crippen molar-refractivity contribution in [3.8, 4) is 0 Å². The first-order valence-corrected chi connectivity index (χ1v) is 11.7. The van der Waals surface area contributed by atoms with Gasteiger partial charge in [0.15, 0.2) is 0 Å². The van der Waals surface area contributed by atoms with Crippen LogP contribution in [0.5, 0.6) is 0 Å². The summed E-state index contributed by atoms with van der Waals surface area (Å²) in [5, 5.41) is 0. The van der Waals surface area contributed by atoms with Crippen LogP contribution in [0.15, 0.2) is 12.2 Å². The number of nitrogens with zero attached hydrogens (tertiary/aromatic N) is 1. The zero-order valence-electron chi connectivity index (χ0n) is 21.4. The van der Waals surface area contributed by atoms with Crippen molar-refractivity contribution in [2.45, 2.75) is 92.3 Å². The first kappa shape index (κ1) is 28.7. The van der Waals surface area contributed by atoms with E-state index in [1.54, 1.807) is 0 Å². The monoisotopic (exact) mass is 457 g/mol. The summed E-state index contributed by atoms with van der Waals surface area (Å²) in [4.78, 5) is 25.5. The number of carbonyl (C=O) groups is 2. The lowest BCUT2D eigenvalue weighted by molar-refractivity contribution is -0.450. The van der Waals surface area contributed by atoms with Gasteiger partial charge in [-0.2, -0.15) is 0 Å². The van der Waals surface area contributed by atoms with Crippen molar-refractivity contribution >= 4 is 11.8 Å². The van der Waals surface area contributed by atoms with Gasteiger partial charge in [0.25, 0.3) is 17.8 Å². The number of rotatable bonds is 6. The fraction of sp³-hybridized carbons (Fsp3) is 0.833. The Balaban J connectivity index is 0.00000121. The van der Waals surface area contributed by atoms with Crippen molar-refractivity contribution in [2.75, 3.05) is 33.2 Å². The molecular formula is C24H43NO7. The fourth-order valence-corrected chi connectivity index (χ4v) is 4.30. The van der Waals surface area contributed by atoms with Crippen molar-refractivity contribution < 1.29 is 33.3 Å². The molecule has 0 aromatic rings. The summed E-state index contributed by atoms with van der Waals surface area (Å²) < 4.78 is 29.3. The second kappa shape index (κ2) is 11.7. The van der Waals surface area contributed by atoms with Gasteiger partial charge in [0.2, 0.25) is 0 Å². The number of hydrogen-bond donors (Lipinski definition) is 0. The van der Waals surface area contributed by atoms with Crippen molar-refractivity contribution in [1.29, 1.82) is 0 Å². The van der Waals surface area contributed by atoms with E-state index in [0.717, 1.165) is 0 Å². The molecule has 0 radical (unpaired) electrons. The Bertz CT molecular complexity index is 623. The minimum absolute atomic E-state index is 0.294. The van der Waals surface area contributed by atoms with Gasteiger partial charge in [-0.15, -0.1) is 0 Å². The molecular weight excluding hydrogens is 414 g/mol. The summed E-state index contributed by atoms with van der Waals surface area (Å²) in [6.45, 7) is 19.6. The van der Waals surface area contributed by atoms with Gasteiger partial charge in [-0.25, -0.2) is 0 Å². The summed E-state index contributed by atoms with van der Waals surface area (Å²) in [6.07, 6.45) is 3.52. The Hall–Kier alpha value is -1.32. The first-order chi connectivity index (χ1) is 15.0. The SMILES string of the molecule is CC.CC.CCC1(OC(C)(C)CC(C)(C)N2C(=O)C=CC2=O)OCC2(COCOC2)CO1. The van der Waals surface area contributed by atoms with Crippen LogP contribution in [0.2, 0.25) is 0 Å². The van der Waals surface area contributed by atoms with Crippen LogP contribution in [0.4, 0.5) is 0 Å². The number of ether oxygens (including phenoxy) is 5. The third-order valence-corrected chi connectivity index (χ3v) is 5.32. The molecule has 0 aromatic carbocycles. The van der Waals surface area contributed by atoms with Crippen molar-refractivity contribution in [2.24, 2.45) is 5.41 Å². The molecule has 0 aliphatic carbocycles. The smallest absolute Gasteiger partial charge is 0.283 e. The van der Waals surface area contributed by atoms with Crippen LogP contribution in [0, 0.1) is 5.41 Å². The predicted octanol–water partition coefficient (Wildman–Crippen LogP) is 4.03. The highest BCUT2D eigenvalue weighted by Crippen LogP contribution is 2.40. The second-order valence-electron chi connectivity index (χ2n) is 9.12.